The predicted octanol–water partition coefficient (Wildman–Crippen LogP) is -0.252. The average Bonchev–Trinajstić information content (AvgIpc) is 1.35. The smallest absolute Gasteiger partial charge is 0.102 e. The molecule has 2 heteroatoms. The van der Waals surface area contributed by atoms with Crippen LogP contribution in [0.4, 0.5) is 0 Å². The lowest BCUT2D eigenvalue weighted by molar-refractivity contribution is 0.161. The fourth-order valence-corrected chi connectivity index (χ4v) is 0.209. The first-order valence-electron chi connectivity index (χ1n) is 1.98. The molecule has 1 atom stereocenters. The van der Waals surface area contributed by atoms with E-state index < -0.39 is 6.23 Å². The molecule has 0 aromatic heterocycles. The van der Waals surface area contributed by atoms with Gasteiger partial charge in [-0.15, -0.1) is 0 Å². The van der Waals surface area contributed by atoms with E-state index in [1.807, 2.05) is 0 Å². The van der Waals surface area contributed by atoms with Crippen molar-refractivity contribution in [2.75, 3.05) is 6.54 Å². The Bertz CT molecular complexity index is 28.7. The van der Waals surface area contributed by atoms with Gasteiger partial charge >= 0.3 is 0 Å². The first kappa shape index (κ1) is 5.92. The molecule has 0 amide bonds. The third-order valence-corrected chi connectivity index (χ3v) is 0.440. The van der Waals surface area contributed by atoms with Crippen LogP contribution in [-0.4, -0.2) is 17.9 Å². The molecule has 2 N–H and O–H groups in total. The van der Waals surface area contributed by atoms with Crippen molar-refractivity contribution in [3.63, 3.8) is 0 Å². The van der Waals surface area contributed by atoms with Gasteiger partial charge in [-0.3, -0.25) is 5.32 Å². The van der Waals surface area contributed by atoms with Crippen molar-refractivity contribution in [1.82, 2.24) is 5.32 Å². The molecule has 37 valence electrons. The zero-order chi connectivity index (χ0) is 4.99. The summed E-state index contributed by atoms with van der Waals surface area (Å²) >= 11 is 0. The second kappa shape index (κ2) is 3.12. The van der Waals surface area contributed by atoms with Gasteiger partial charge in [-0.1, -0.05) is 0 Å². The van der Waals surface area contributed by atoms with Crippen LogP contribution in [0.5, 0.6) is 0 Å². The SMILES string of the molecule is [CH2]CNC(C)O. The van der Waals surface area contributed by atoms with E-state index in [-0.39, 0.29) is 0 Å². The molecule has 1 unspecified atom stereocenters. The maximum atomic E-state index is 8.40. The van der Waals surface area contributed by atoms with Crippen molar-refractivity contribution in [3.05, 3.63) is 6.92 Å². The van der Waals surface area contributed by atoms with E-state index in [0.29, 0.717) is 6.54 Å². The topological polar surface area (TPSA) is 32.3 Å². The van der Waals surface area contributed by atoms with Gasteiger partial charge in [-0.05, 0) is 20.4 Å². The molecule has 0 bridgehead atoms. The Morgan fingerprint density at radius 3 is 2.50 bits per heavy atom. The summed E-state index contributed by atoms with van der Waals surface area (Å²) in [6.45, 7) is 5.69. The molecule has 0 saturated carbocycles. The Morgan fingerprint density at radius 2 is 2.50 bits per heavy atom. The first-order chi connectivity index (χ1) is 2.77. The molecule has 1 radical (unpaired) electrons. The van der Waals surface area contributed by atoms with Crippen LogP contribution in [0.25, 0.3) is 0 Å². The van der Waals surface area contributed by atoms with Gasteiger partial charge in [0.05, 0.1) is 0 Å². The van der Waals surface area contributed by atoms with Crippen LogP contribution >= 0.6 is 0 Å². The van der Waals surface area contributed by atoms with Gasteiger partial charge < -0.3 is 5.11 Å². The second-order valence-electron chi connectivity index (χ2n) is 1.13. The minimum Gasteiger partial charge on any atom is -0.379 e. The zero-order valence-electron chi connectivity index (χ0n) is 3.94. The van der Waals surface area contributed by atoms with E-state index >= 15 is 0 Å². The van der Waals surface area contributed by atoms with Crippen LogP contribution in [0, 0.1) is 6.92 Å². The molecule has 2 nitrogen and oxygen atoms in total. The number of hydrogen-bond donors (Lipinski definition) is 2. The van der Waals surface area contributed by atoms with Crippen molar-refractivity contribution >= 4 is 0 Å². The highest BCUT2D eigenvalue weighted by molar-refractivity contribution is 4.44. The van der Waals surface area contributed by atoms with Gasteiger partial charge in [-0.2, -0.15) is 0 Å². The molecule has 0 saturated heterocycles. The Labute approximate surface area is 38.2 Å². The Hall–Kier alpha value is -0.0800. The normalized spacial score (nSPS) is 14.5. The van der Waals surface area contributed by atoms with Gasteiger partial charge in [0, 0.05) is 0 Å². The zero-order valence-corrected chi connectivity index (χ0v) is 3.94. The Morgan fingerprint density at radius 1 is 2.00 bits per heavy atom. The molecule has 0 aliphatic heterocycles. The van der Waals surface area contributed by atoms with E-state index in [9.17, 15) is 0 Å². The van der Waals surface area contributed by atoms with E-state index in [4.69, 9.17) is 5.11 Å². The maximum absolute atomic E-state index is 8.40. The molecule has 0 aromatic rings. The number of rotatable bonds is 2. The van der Waals surface area contributed by atoms with Crippen molar-refractivity contribution in [2.24, 2.45) is 0 Å². The summed E-state index contributed by atoms with van der Waals surface area (Å²) in [5.74, 6) is 0. The van der Waals surface area contributed by atoms with Gasteiger partial charge in [-0.25, -0.2) is 0 Å². The number of aliphatic hydroxyl groups is 1. The van der Waals surface area contributed by atoms with Crippen LogP contribution in [0.3, 0.4) is 0 Å². The first-order valence-corrected chi connectivity index (χ1v) is 1.98. The van der Waals surface area contributed by atoms with Crippen LogP contribution in [0.15, 0.2) is 0 Å². The van der Waals surface area contributed by atoms with E-state index in [0.717, 1.165) is 0 Å². The summed E-state index contributed by atoms with van der Waals surface area (Å²) in [5, 5.41) is 11.1. The van der Waals surface area contributed by atoms with E-state index in [2.05, 4.69) is 12.2 Å². The van der Waals surface area contributed by atoms with Crippen molar-refractivity contribution in [2.45, 2.75) is 13.2 Å². The molecule has 6 heavy (non-hydrogen) atoms. The van der Waals surface area contributed by atoms with Gasteiger partial charge in [0.2, 0.25) is 0 Å². The highest BCUT2D eigenvalue weighted by atomic mass is 16.3. The van der Waals surface area contributed by atoms with Crippen LogP contribution in [-0.2, 0) is 0 Å². The fourth-order valence-electron chi connectivity index (χ4n) is 0.209. The summed E-state index contributed by atoms with van der Waals surface area (Å²) in [7, 11) is 0. The lowest BCUT2D eigenvalue weighted by Crippen LogP contribution is -2.24. The second-order valence-corrected chi connectivity index (χ2v) is 1.13. The molecular weight excluding hydrogens is 78.0 g/mol. The van der Waals surface area contributed by atoms with Crippen molar-refractivity contribution in [3.8, 4) is 0 Å². The minimum atomic E-state index is -0.414. The van der Waals surface area contributed by atoms with Crippen LogP contribution < -0.4 is 5.32 Å². The molecule has 0 heterocycles. The maximum Gasteiger partial charge on any atom is 0.102 e. The van der Waals surface area contributed by atoms with Crippen molar-refractivity contribution in [1.29, 1.82) is 0 Å². The van der Waals surface area contributed by atoms with Crippen LogP contribution in [0.2, 0.25) is 0 Å². The van der Waals surface area contributed by atoms with Crippen molar-refractivity contribution < 1.29 is 5.11 Å². The third-order valence-electron chi connectivity index (χ3n) is 0.440. The minimum absolute atomic E-state index is 0.414. The highest BCUT2D eigenvalue weighted by Crippen LogP contribution is 1.64. The molecule has 0 aliphatic carbocycles. The summed E-state index contributed by atoms with van der Waals surface area (Å²) in [4.78, 5) is 0. The lowest BCUT2D eigenvalue weighted by atomic mass is 10.6. The average molecular weight is 88.1 g/mol. The Balaban J connectivity index is 2.63. The molecule has 0 spiro atoms. The predicted molar refractivity (Wildman–Crippen MR) is 25.0 cm³/mol. The molecule has 0 fully saturated rings. The molecular formula is C4H10NO. The molecule has 0 aliphatic rings. The summed E-state index contributed by atoms with van der Waals surface area (Å²) in [6, 6.07) is 0. The van der Waals surface area contributed by atoms with E-state index in [1.54, 1.807) is 6.92 Å². The summed E-state index contributed by atoms with van der Waals surface area (Å²) in [6.07, 6.45) is -0.414. The highest BCUT2D eigenvalue weighted by Gasteiger charge is 1.83. The Kier molecular flexibility index (Phi) is 3.08. The largest absolute Gasteiger partial charge is 0.379 e. The van der Waals surface area contributed by atoms with Gasteiger partial charge in [0.25, 0.3) is 0 Å². The fraction of sp³-hybridized carbons (Fsp3) is 0.750. The van der Waals surface area contributed by atoms with Gasteiger partial charge in [0.15, 0.2) is 0 Å². The van der Waals surface area contributed by atoms with E-state index in [1.165, 1.54) is 0 Å². The quantitative estimate of drug-likeness (QED) is 0.456. The number of nitrogens with one attached hydrogen (secondary N) is 1. The summed E-state index contributed by atoms with van der Waals surface area (Å²) < 4.78 is 0. The number of hydrogen-bond acceptors (Lipinski definition) is 2. The third kappa shape index (κ3) is 3.92. The summed E-state index contributed by atoms with van der Waals surface area (Å²) in [5.41, 5.74) is 0. The molecule has 0 rings (SSSR count). The number of aliphatic hydroxyl groups excluding tert-OH is 1. The lowest BCUT2D eigenvalue weighted by Gasteiger charge is -1.99. The monoisotopic (exact) mass is 88.1 g/mol. The standard InChI is InChI=1S/C4H10NO/c1-3-5-4(2)6/h4-6H,1,3H2,2H3. The van der Waals surface area contributed by atoms with Crippen LogP contribution in [0.1, 0.15) is 6.92 Å². The van der Waals surface area contributed by atoms with Gasteiger partial charge in [0.1, 0.15) is 6.23 Å². The molecule has 0 aromatic carbocycles.